The molecule has 1 fully saturated rings. The monoisotopic (exact) mass is 452 g/mol. The summed E-state index contributed by atoms with van der Waals surface area (Å²) >= 11 is 0. The standard InChI is InChI=1S/C25H25FN2O3S/c26-22-9-11-23(12-10-22)28-14-13-20(17-28)16-27-25(29)21-6-4-5-19(15-21)18-32(30,31)24-7-2-1-3-8-24/h1-12,15,20H,13-14,16-18H2,(H,27,29). The summed E-state index contributed by atoms with van der Waals surface area (Å²) in [4.78, 5) is 15.1. The van der Waals surface area contributed by atoms with Crippen molar-refractivity contribution in [2.24, 2.45) is 5.92 Å². The molecule has 1 atom stereocenters. The highest BCUT2D eigenvalue weighted by atomic mass is 32.2. The number of amides is 1. The highest BCUT2D eigenvalue weighted by Crippen LogP contribution is 2.24. The van der Waals surface area contributed by atoms with E-state index in [0.717, 1.165) is 25.2 Å². The fraction of sp³-hybridized carbons (Fsp3) is 0.240. The molecule has 1 saturated heterocycles. The van der Waals surface area contributed by atoms with E-state index in [1.807, 2.05) is 0 Å². The van der Waals surface area contributed by atoms with Gasteiger partial charge in [-0.3, -0.25) is 4.79 Å². The number of carbonyl (C=O) groups is 1. The zero-order valence-electron chi connectivity index (χ0n) is 17.6. The molecule has 32 heavy (non-hydrogen) atoms. The van der Waals surface area contributed by atoms with Gasteiger partial charge in [-0.2, -0.15) is 0 Å². The quantitative estimate of drug-likeness (QED) is 0.587. The molecule has 0 saturated carbocycles. The van der Waals surface area contributed by atoms with Gasteiger partial charge in [-0.25, -0.2) is 12.8 Å². The van der Waals surface area contributed by atoms with Crippen LogP contribution in [0.3, 0.4) is 0 Å². The Labute approximate surface area is 187 Å². The lowest BCUT2D eigenvalue weighted by molar-refractivity contribution is 0.0948. The molecule has 0 spiro atoms. The van der Waals surface area contributed by atoms with Crippen LogP contribution in [0.15, 0.2) is 83.8 Å². The Morgan fingerprint density at radius 2 is 1.75 bits per heavy atom. The Hall–Kier alpha value is -3.19. The second kappa shape index (κ2) is 9.53. The molecule has 1 N–H and O–H groups in total. The van der Waals surface area contributed by atoms with Crippen LogP contribution in [0.25, 0.3) is 0 Å². The van der Waals surface area contributed by atoms with Crippen molar-refractivity contribution < 1.29 is 17.6 Å². The second-order valence-corrected chi connectivity index (χ2v) is 10.0. The predicted molar refractivity (Wildman–Crippen MR) is 123 cm³/mol. The number of anilines is 1. The number of hydrogen-bond acceptors (Lipinski definition) is 4. The molecule has 1 unspecified atom stereocenters. The minimum Gasteiger partial charge on any atom is -0.371 e. The summed E-state index contributed by atoms with van der Waals surface area (Å²) in [5.74, 6) is -0.335. The molecule has 0 bridgehead atoms. The Balaban J connectivity index is 1.34. The van der Waals surface area contributed by atoms with Crippen molar-refractivity contribution in [2.75, 3.05) is 24.5 Å². The first-order valence-electron chi connectivity index (χ1n) is 10.6. The van der Waals surface area contributed by atoms with Gasteiger partial charge in [0.25, 0.3) is 5.91 Å². The average Bonchev–Trinajstić information content (AvgIpc) is 3.27. The van der Waals surface area contributed by atoms with Crippen LogP contribution in [0, 0.1) is 11.7 Å². The molecule has 166 valence electrons. The van der Waals surface area contributed by atoms with Gasteiger partial charge in [-0.05, 0) is 66.4 Å². The molecule has 3 aromatic carbocycles. The van der Waals surface area contributed by atoms with Crippen LogP contribution >= 0.6 is 0 Å². The van der Waals surface area contributed by atoms with E-state index in [2.05, 4.69) is 10.2 Å². The van der Waals surface area contributed by atoms with Crippen molar-refractivity contribution >= 4 is 21.4 Å². The van der Waals surface area contributed by atoms with Crippen LogP contribution in [0.5, 0.6) is 0 Å². The number of nitrogens with zero attached hydrogens (tertiary/aromatic N) is 1. The van der Waals surface area contributed by atoms with Crippen molar-refractivity contribution in [2.45, 2.75) is 17.1 Å². The number of rotatable bonds is 7. The Morgan fingerprint density at radius 1 is 1.00 bits per heavy atom. The molecule has 0 radical (unpaired) electrons. The maximum absolute atomic E-state index is 13.1. The summed E-state index contributed by atoms with van der Waals surface area (Å²) in [6.07, 6.45) is 0.938. The molecule has 0 aliphatic carbocycles. The Kier molecular flexibility index (Phi) is 6.55. The van der Waals surface area contributed by atoms with E-state index in [4.69, 9.17) is 0 Å². The van der Waals surface area contributed by atoms with Crippen molar-refractivity contribution in [1.29, 1.82) is 0 Å². The lowest BCUT2D eigenvalue weighted by Crippen LogP contribution is -2.31. The van der Waals surface area contributed by atoms with Gasteiger partial charge in [0.1, 0.15) is 5.82 Å². The van der Waals surface area contributed by atoms with E-state index < -0.39 is 9.84 Å². The molecule has 7 heteroatoms. The zero-order chi connectivity index (χ0) is 22.6. The first-order chi connectivity index (χ1) is 15.4. The molecule has 1 amide bonds. The molecular formula is C25H25FN2O3S. The lowest BCUT2D eigenvalue weighted by atomic mass is 10.1. The highest BCUT2D eigenvalue weighted by Gasteiger charge is 2.23. The second-order valence-electron chi connectivity index (χ2n) is 8.06. The molecular weight excluding hydrogens is 427 g/mol. The largest absolute Gasteiger partial charge is 0.371 e. The third-order valence-corrected chi connectivity index (χ3v) is 7.38. The number of carbonyl (C=O) groups excluding carboxylic acids is 1. The van der Waals surface area contributed by atoms with Crippen molar-refractivity contribution in [3.8, 4) is 0 Å². The average molecular weight is 453 g/mol. The van der Waals surface area contributed by atoms with Gasteiger partial charge in [-0.1, -0.05) is 30.3 Å². The van der Waals surface area contributed by atoms with E-state index in [1.165, 1.54) is 12.1 Å². The van der Waals surface area contributed by atoms with E-state index in [9.17, 15) is 17.6 Å². The topological polar surface area (TPSA) is 66.5 Å². The van der Waals surface area contributed by atoms with Crippen LogP contribution in [0.1, 0.15) is 22.3 Å². The number of halogens is 1. The van der Waals surface area contributed by atoms with Crippen molar-refractivity contribution in [3.63, 3.8) is 0 Å². The van der Waals surface area contributed by atoms with Gasteiger partial charge in [0.05, 0.1) is 10.6 Å². The zero-order valence-corrected chi connectivity index (χ0v) is 18.4. The fourth-order valence-electron chi connectivity index (χ4n) is 3.96. The summed E-state index contributed by atoms with van der Waals surface area (Å²) in [6, 6.07) is 21.5. The summed E-state index contributed by atoms with van der Waals surface area (Å²) in [7, 11) is -3.48. The first kappa shape index (κ1) is 22.0. The van der Waals surface area contributed by atoms with E-state index in [-0.39, 0.29) is 22.4 Å². The van der Waals surface area contributed by atoms with Crippen LogP contribution in [-0.2, 0) is 15.6 Å². The molecule has 0 aromatic heterocycles. The molecule has 1 aliphatic rings. The number of benzene rings is 3. The number of nitrogens with one attached hydrogen (secondary N) is 1. The predicted octanol–water partition coefficient (Wildman–Crippen LogP) is 4.06. The molecule has 1 aliphatic heterocycles. The maximum atomic E-state index is 13.1. The highest BCUT2D eigenvalue weighted by molar-refractivity contribution is 7.90. The summed E-state index contributed by atoms with van der Waals surface area (Å²) in [5.41, 5.74) is 2.00. The fourth-order valence-corrected chi connectivity index (χ4v) is 5.31. The summed E-state index contributed by atoms with van der Waals surface area (Å²) in [6.45, 7) is 2.18. The van der Waals surface area contributed by atoms with Gasteiger partial charge >= 0.3 is 0 Å². The summed E-state index contributed by atoms with van der Waals surface area (Å²) < 4.78 is 38.4. The normalized spacial score (nSPS) is 16.2. The van der Waals surface area contributed by atoms with Gasteiger partial charge in [0.2, 0.25) is 0 Å². The smallest absolute Gasteiger partial charge is 0.251 e. The van der Waals surface area contributed by atoms with Crippen LogP contribution in [0.4, 0.5) is 10.1 Å². The van der Waals surface area contributed by atoms with Gasteiger partial charge < -0.3 is 10.2 Å². The summed E-state index contributed by atoms with van der Waals surface area (Å²) in [5, 5.41) is 2.97. The van der Waals surface area contributed by atoms with Gasteiger partial charge in [0, 0.05) is 30.9 Å². The van der Waals surface area contributed by atoms with Crippen LogP contribution in [0.2, 0.25) is 0 Å². The third-order valence-electron chi connectivity index (χ3n) is 5.68. The Morgan fingerprint density at radius 3 is 2.50 bits per heavy atom. The van der Waals surface area contributed by atoms with E-state index in [0.29, 0.717) is 23.6 Å². The van der Waals surface area contributed by atoms with Gasteiger partial charge in [-0.15, -0.1) is 0 Å². The minimum absolute atomic E-state index is 0.159. The van der Waals surface area contributed by atoms with Gasteiger partial charge in [0.15, 0.2) is 9.84 Å². The maximum Gasteiger partial charge on any atom is 0.251 e. The Bertz CT molecular complexity index is 1180. The lowest BCUT2D eigenvalue weighted by Gasteiger charge is -2.19. The van der Waals surface area contributed by atoms with Crippen molar-refractivity contribution in [1.82, 2.24) is 5.32 Å². The number of hydrogen-bond donors (Lipinski definition) is 1. The van der Waals surface area contributed by atoms with Crippen LogP contribution in [-0.4, -0.2) is 34.0 Å². The minimum atomic E-state index is -3.48. The third kappa shape index (κ3) is 5.34. The molecule has 5 nitrogen and oxygen atoms in total. The van der Waals surface area contributed by atoms with E-state index >= 15 is 0 Å². The molecule has 4 rings (SSSR count). The molecule has 1 heterocycles. The number of sulfone groups is 1. The molecule has 3 aromatic rings. The first-order valence-corrected chi connectivity index (χ1v) is 12.2. The van der Waals surface area contributed by atoms with Crippen molar-refractivity contribution in [3.05, 3.63) is 95.8 Å². The van der Waals surface area contributed by atoms with E-state index in [1.54, 1.807) is 66.7 Å². The van der Waals surface area contributed by atoms with Crippen LogP contribution < -0.4 is 10.2 Å². The SMILES string of the molecule is O=C(NCC1CCN(c2ccc(F)cc2)C1)c1cccc(CS(=O)(=O)c2ccccc2)c1.